The predicted octanol–water partition coefficient (Wildman–Crippen LogP) is 4.05. The smallest absolute Gasteiger partial charge is 0.321 e. The Morgan fingerprint density at radius 1 is 1.29 bits per heavy atom. The molecule has 3 nitrogen and oxygen atoms in total. The molecule has 0 saturated heterocycles. The Kier molecular flexibility index (Phi) is 3.74. The van der Waals surface area contributed by atoms with Gasteiger partial charge in [0.1, 0.15) is 11.7 Å². The minimum Gasteiger partial charge on any atom is -0.425 e. The number of halogens is 1. The molecule has 2 aliphatic rings. The molecule has 21 heavy (non-hydrogen) atoms. The predicted molar refractivity (Wildman–Crippen MR) is 85.8 cm³/mol. The van der Waals surface area contributed by atoms with Gasteiger partial charge in [0.25, 0.3) is 0 Å². The third-order valence-electron chi connectivity index (χ3n) is 3.81. The number of thioether (sulfide) groups is 1. The maximum absolute atomic E-state index is 12.6. The Morgan fingerprint density at radius 2 is 2.00 bits per heavy atom. The number of esters is 1. The molecule has 110 valence electrons. The van der Waals surface area contributed by atoms with Gasteiger partial charge in [-0.15, -0.1) is 11.8 Å². The Labute approximate surface area is 136 Å². The summed E-state index contributed by atoms with van der Waals surface area (Å²) in [6.45, 7) is 5.78. The molecule has 2 atom stereocenters. The number of carbonyl (C=O) groups is 2. The molecule has 1 aromatic rings. The van der Waals surface area contributed by atoms with Crippen LogP contribution in [-0.4, -0.2) is 17.0 Å². The van der Waals surface area contributed by atoms with Crippen LogP contribution in [0.3, 0.4) is 0 Å². The average molecular weight is 367 g/mol. The first kappa shape index (κ1) is 14.9. The van der Waals surface area contributed by atoms with Gasteiger partial charge in [-0.2, -0.15) is 0 Å². The zero-order valence-electron chi connectivity index (χ0n) is 12.0. The SMILES string of the molecule is CC1C(=O)OC2=C(C1=O)C(C(C)C)Sc1c(Br)cccc12. The van der Waals surface area contributed by atoms with E-state index < -0.39 is 11.9 Å². The average Bonchev–Trinajstić information content (AvgIpc) is 2.44. The summed E-state index contributed by atoms with van der Waals surface area (Å²) < 4.78 is 6.48. The van der Waals surface area contributed by atoms with E-state index in [4.69, 9.17) is 4.74 Å². The second-order valence-corrected chi connectivity index (χ2v) is 7.65. The van der Waals surface area contributed by atoms with Crippen LogP contribution in [0.25, 0.3) is 5.76 Å². The molecule has 2 unspecified atom stereocenters. The first-order valence-electron chi connectivity index (χ1n) is 6.87. The topological polar surface area (TPSA) is 43.4 Å². The van der Waals surface area contributed by atoms with Crippen molar-refractivity contribution in [1.82, 2.24) is 0 Å². The van der Waals surface area contributed by atoms with E-state index in [0.29, 0.717) is 11.3 Å². The third kappa shape index (κ3) is 2.27. The molecule has 5 heteroatoms. The number of hydrogen-bond donors (Lipinski definition) is 0. The molecule has 2 heterocycles. The van der Waals surface area contributed by atoms with E-state index in [9.17, 15) is 9.59 Å². The number of ketones is 1. The van der Waals surface area contributed by atoms with E-state index in [1.165, 1.54) is 0 Å². The van der Waals surface area contributed by atoms with E-state index in [2.05, 4.69) is 29.8 Å². The van der Waals surface area contributed by atoms with Crippen LogP contribution in [0.5, 0.6) is 0 Å². The number of hydrogen-bond acceptors (Lipinski definition) is 4. The number of rotatable bonds is 1. The van der Waals surface area contributed by atoms with Gasteiger partial charge in [0.05, 0.1) is 5.57 Å². The van der Waals surface area contributed by atoms with Gasteiger partial charge in [0, 0.05) is 20.2 Å². The quantitative estimate of drug-likeness (QED) is 0.555. The van der Waals surface area contributed by atoms with Gasteiger partial charge in [-0.05, 0) is 34.8 Å². The van der Waals surface area contributed by atoms with Gasteiger partial charge in [0.2, 0.25) is 0 Å². The van der Waals surface area contributed by atoms with Crippen molar-refractivity contribution in [3.63, 3.8) is 0 Å². The highest BCUT2D eigenvalue weighted by Crippen LogP contribution is 2.49. The third-order valence-corrected chi connectivity index (χ3v) is 6.44. The second-order valence-electron chi connectivity index (χ2n) is 5.65. The Hall–Kier alpha value is -1.07. The van der Waals surface area contributed by atoms with Crippen molar-refractivity contribution in [3.05, 3.63) is 33.8 Å². The van der Waals surface area contributed by atoms with Gasteiger partial charge in [0.15, 0.2) is 5.78 Å². The molecule has 0 aliphatic carbocycles. The molecule has 0 saturated carbocycles. The van der Waals surface area contributed by atoms with Crippen molar-refractivity contribution in [2.45, 2.75) is 30.9 Å². The summed E-state index contributed by atoms with van der Waals surface area (Å²) >= 11 is 5.22. The fraction of sp³-hybridized carbons (Fsp3) is 0.375. The molecular weight excluding hydrogens is 352 g/mol. The fourth-order valence-electron chi connectivity index (χ4n) is 2.63. The lowest BCUT2D eigenvalue weighted by molar-refractivity contribution is -0.146. The summed E-state index contributed by atoms with van der Waals surface area (Å²) in [5, 5.41) is 0.00856. The van der Waals surface area contributed by atoms with Crippen molar-refractivity contribution in [3.8, 4) is 0 Å². The minimum atomic E-state index is -0.709. The van der Waals surface area contributed by atoms with E-state index in [1.54, 1.807) is 18.7 Å². The molecule has 0 bridgehead atoms. The van der Waals surface area contributed by atoms with Gasteiger partial charge >= 0.3 is 5.97 Å². The molecule has 0 fully saturated rings. The zero-order chi connectivity index (χ0) is 15.3. The molecule has 0 aromatic heterocycles. The Morgan fingerprint density at radius 3 is 2.67 bits per heavy atom. The van der Waals surface area contributed by atoms with E-state index in [1.807, 2.05) is 18.2 Å². The number of ether oxygens (including phenoxy) is 1. The maximum Gasteiger partial charge on any atom is 0.321 e. The van der Waals surface area contributed by atoms with Gasteiger partial charge < -0.3 is 4.74 Å². The van der Waals surface area contributed by atoms with E-state index in [0.717, 1.165) is 14.9 Å². The van der Waals surface area contributed by atoms with Crippen molar-refractivity contribution in [2.75, 3.05) is 0 Å². The van der Waals surface area contributed by atoms with Crippen LogP contribution in [0.15, 0.2) is 33.1 Å². The maximum atomic E-state index is 12.6. The van der Waals surface area contributed by atoms with Crippen LogP contribution in [0.4, 0.5) is 0 Å². The lowest BCUT2D eigenvalue weighted by atomic mass is 9.87. The Balaban J connectivity index is 2.26. The summed E-state index contributed by atoms with van der Waals surface area (Å²) in [6, 6.07) is 5.75. The Bertz CT molecular complexity index is 678. The van der Waals surface area contributed by atoms with E-state index in [-0.39, 0.29) is 17.0 Å². The molecule has 2 aliphatic heterocycles. The summed E-state index contributed by atoms with van der Waals surface area (Å²) in [5.74, 6) is -0.540. The first-order valence-corrected chi connectivity index (χ1v) is 8.54. The molecule has 0 amide bonds. The summed E-state index contributed by atoms with van der Waals surface area (Å²) in [4.78, 5) is 25.6. The molecule has 0 radical (unpaired) electrons. The standard InChI is InChI=1S/C16H15BrO3S/c1-7(2)14-11-12(18)8(3)16(19)20-13(11)9-5-4-6-10(17)15(9)21-14/h4-8,14H,1-3H3. The van der Waals surface area contributed by atoms with Crippen molar-refractivity contribution >= 4 is 45.2 Å². The number of Topliss-reactive ketones (excluding diaryl/α,β-unsaturated/α-hetero) is 1. The van der Waals surface area contributed by atoms with Crippen LogP contribution in [-0.2, 0) is 14.3 Å². The highest BCUT2D eigenvalue weighted by Gasteiger charge is 2.43. The highest BCUT2D eigenvalue weighted by atomic mass is 79.9. The lowest BCUT2D eigenvalue weighted by Gasteiger charge is -2.34. The first-order chi connectivity index (χ1) is 9.91. The van der Waals surface area contributed by atoms with Gasteiger partial charge in [-0.3, -0.25) is 9.59 Å². The normalized spacial score (nSPS) is 24.8. The molecule has 1 aromatic carbocycles. The summed E-state index contributed by atoms with van der Waals surface area (Å²) in [6.07, 6.45) is 0. The molecule has 0 spiro atoms. The van der Waals surface area contributed by atoms with E-state index >= 15 is 0 Å². The van der Waals surface area contributed by atoms with Gasteiger partial charge in [-0.25, -0.2) is 0 Å². The van der Waals surface area contributed by atoms with Crippen molar-refractivity contribution in [1.29, 1.82) is 0 Å². The fourth-order valence-corrected chi connectivity index (χ4v) is 4.61. The summed E-state index contributed by atoms with van der Waals surface area (Å²) in [7, 11) is 0. The lowest BCUT2D eigenvalue weighted by Crippen LogP contribution is -2.37. The molecule has 3 rings (SSSR count). The van der Waals surface area contributed by atoms with Crippen LogP contribution >= 0.6 is 27.7 Å². The molecule has 0 N–H and O–H groups in total. The largest absolute Gasteiger partial charge is 0.425 e. The van der Waals surface area contributed by atoms with Crippen LogP contribution in [0.2, 0.25) is 0 Å². The van der Waals surface area contributed by atoms with Crippen LogP contribution in [0.1, 0.15) is 26.3 Å². The van der Waals surface area contributed by atoms with Crippen molar-refractivity contribution in [2.24, 2.45) is 11.8 Å². The monoisotopic (exact) mass is 366 g/mol. The number of fused-ring (bicyclic) bond motifs is 2. The summed E-state index contributed by atoms with van der Waals surface area (Å²) in [5.41, 5.74) is 1.49. The molecular formula is C16H15BrO3S. The van der Waals surface area contributed by atoms with Crippen molar-refractivity contribution < 1.29 is 14.3 Å². The number of benzene rings is 1. The van der Waals surface area contributed by atoms with Gasteiger partial charge in [-0.1, -0.05) is 26.0 Å². The van der Waals surface area contributed by atoms with Crippen LogP contribution < -0.4 is 0 Å². The number of carbonyl (C=O) groups excluding carboxylic acids is 2. The zero-order valence-corrected chi connectivity index (χ0v) is 14.4. The minimum absolute atomic E-state index is 0.00856. The van der Waals surface area contributed by atoms with Crippen LogP contribution in [0, 0.1) is 11.8 Å². The second kappa shape index (κ2) is 5.29. The highest BCUT2D eigenvalue weighted by molar-refractivity contribution is 9.10.